The molecule has 0 bridgehead atoms. The predicted octanol–water partition coefficient (Wildman–Crippen LogP) is -2.88. The van der Waals surface area contributed by atoms with Crippen LogP contribution in [0.15, 0.2) is 25.3 Å². The van der Waals surface area contributed by atoms with E-state index in [1.807, 2.05) is 0 Å². The second kappa shape index (κ2) is 15.9. The van der Waals surface area contributed by atoms with Crippen LogP contribution in [0.3, 0.4) is 0 Å². The van der Waals surface area contributed by atoms with Gasteiger partial charge in [-0.2, -0.15) is 0 Å². The molecule has 31 heteroatoms. The van der Waals surface area contributed by atoms with Crippen molar-refractivity contribution < 1.29 is 72.1 Å². The van der Waals surface area contributed by atoms with Crippen LogP contribution in [0.25, 0.3) is 22.3 Å². The van der Waals surface area contributed by atoms with Crippen molar-refractivity contribution in [3.63, 3.8) is 0 Å². The van der Waals surface area contributed by atoms with Crippen LogP contribution in [-0.2, 0) is 67.5 Å². The Bertz CT molecular complexity index is 2100. The summed E-state index contributed by atoms with van der Waals surface area (Å²) >= 11 is 14.5. The van der Waals surface area contributed by atoms with Gasteiger partial charge in [-0.1, -0.05) is 0 Å². The number of aliphatic hydroxyl groups excluding tert-OH is 4. The van der Waals surface area contributed by atoms with Gasteiger partial charge in [0.25, 0.3) is 0 Å². The van der Waals surface area contributed by atoms with Gasteiger partial charge in [-0.3, -0.25) is 18.2 Å². The first-order chi connectivity index (χ1) is 24.8. The highest BCUT2D eigenvalue weighted by molar-refractivity contribution is 8.07. The minimum absolute atomic E-state index is 0.0676. The summed E-state index contributed by atoms with van der Waals surface area (Å²) in [6, 6.07) is 0. The molecule has 4 aromatic rings. The summed E-state index contributed by atoms with van der Waals surface area (Å²) in [4.78, 5) is 64.9. The van der Waals surface area contributed by atoms with E-state index >= 15 is 0 Å². The lowest BCUT2D eigenvalue weighted by atomic mass is 10.1. The van der Waals surface area contributed by atoms with Crippen molar-refractivity contribution in [1.29, 1.82) is 0 Å². The molecule has 53 heavy (non-hydrogen) atoms. The van der Waals surface area contributed by atoms with Crippen LogP contribution in [0.4, 0.5) is 11.6 Å². The van der Waals surface area contributed by atoms with E-state index in [0.29, 0.717) is 0 Å². The van der Waals surface area contributed by atoms with Crippen molar-refractivity contribution in [3.8, 4) is 0 Å². The molecule has 0 aromatic carbocycles. The molecule has 4 aromatic heterocycles. The molecule has 0 spiro atoms. The van der Waals surface area contributed by atoms with E-state index in [2.05, 4.69) is 41.7 Å². The van der Waals surface area contributed by atoms with Crippen LogP contribution in [0.2, 0.25) is 0 Å². The van der Waals surface area contributed by atoms with Crippen molar-refractivity contribution in [1.82, 2.24) is 39.0 Å². The predicted molar refractivity (Wildman–Crippen MR) is 187 cm³/mol. The maximum Gasteiger partial charge on any atom is 0.327 e. The maximum atomic E-state index is 10.7. The zero-order valence-electron chi connectivity index (χ0n) is 26.4. The highest BCUT2D eigenvalue weighted by atomic mass is 32.5. The third kappa shape index (κ3) is 9.20. The second-order valence-electron chi connectivity index (χ2n) is 11.2. The van der Waals surface area contributed by atoms with Gasteiger partial charge in [0.2, 0.25) is 0 Å². The lowest BCUT2D eigenvalue weighted by molar-refractivity contribution is -0.0685. The summed E-state index contributed by atoms with van der Waals surface area (Å²) in [5, 5.41) is 42.5. The summed E-state index contributed by atoms with van der Waals surface area (Å²) in [6.07, 6.45) is -8.33. The lowest BCUT2D eigenvalue weighted by Crippen LogP contribution is -2.34. The standard InChI is InChI=1S/C22H31N10O15P3S3/c23-17-11-19(27-4-25-17)31(6-29-11)21-15(35)13(33)8(44-21)1-41-49(39,52)43-3-10(46-48(37,38)51)47-50(40,53)42-2-9-14(34)16(36)22(45-9)32-7-30-12-18(24)26-5-28-20(12)32/h4-10,13-16,21-22,33-36H,1-3H2,(H,39,52)(H,40,53)(H2,23,25,27)(H2,24,26,28)(H2,37,38,51)/t8-,9-,10?,13-,14-,15-,16-,21-,22-,49?,50?/m1/s1. The van der Waals surface area contributed by atoms with Gasteiger partial charge in [0.15, 0.2) is 41.7 Å². The molecular weight excluding hydrogens is 833 g/mol. The summed E-state index contributed by atoms with van der Waals surface area (Å²) in [6.45, 7) is -15.5. The fourth-order valence-electron chi connectivity index (χ4n) is 5.25. The second-order valence-corrected chi connectivity index (χ2v) is 19.5. The average molecular weight is 865 g/mol. The van der Waals surface area contributed by atoms with Gasteiger partial charge in [0.05, 0.1) is 25.9 Å². The third-order valence-corrected chi connectivity index (χ3v) is 11.6. The van der Waals surface area contributed by atoms with Crippen LogP contribution >= 0.6 is 20.2 Å². The minimum Gasteiger partial charge on any atom is -0.387 e. The fourth-order valence-corrected chi connectivity index (χ4v) is 8.36. The van der Waals surface area contributed by atoms with E-state index in [9.17, 15) is 40.0 Å². The van der Waals surface area contributed by atoms with Crippen molar-refractivity contribution >= 4 is 89.5 Å². The Morgan fingerprint density at radius 2 is 1.11 bits per heavy atom. The molecule has 292 valence electrons. The Kier molecular flexibility index (Phi) is 12.2. The van der Waals surface area contributed by atoms with Gasteiger partial charge >= 0.3 is 20.2 Å². The van der Waals surface area contributed by atoms with E-state index < -0.39 is 95.3 Å². The van der Waals surface area contributed by atoms with Crippen LogP contribution in [0, 0.1) is 0 Å². The number of ether oxygens (including phenoxy) is 2. The number of aliphatic hydroxyl groups is 4. The first-order valence-corrected chi connectivity index (χ1v) is 22.6. The molecule has 0 saturated carbocycles. The highest BCUT2D eigenvalue weighted by Gasteiger charge is 2.46. The number of nitrogens with zero attached hydrogens (tertiary/aromatic N) is 8. The summed E-state index contributed by atoms with van der Waals surface area (Å²) in [7, 11) is 0. The molecular formula is C22H31N10O15P3S3. The van der Waals surface area contributed by atoms with Crippen molar-refractivity contribution in [2.24, 2.45) is 0 Å². The van der Waals surface area contributed by atoms with E-state index in [1.54, 1.807) is 0 Å². The minimum atomic E-state index is -4.55. The van der Waals surface area contributed by atoms with Gasteiger partial charge < -0.3 is 74.5 Å². The smallest absolute Gasteiger partial charge is 0.327 e. The number of hydrogen-bond donors (Lipinski definition) is 10. The zero-order valence-corrected chi connectivity index (χ0v) is 31.5. The van der Waals surface area contributed by atoms with Gasteiger partial charge in [0, 0.05) is 0 Å². The van der Waals surface area contributed by atoms with E-state index in [-0.39, 0.29) is 34.0 Å². The number of fused-ring (bicyclic) bond motifs is 2. The van der Waals surface area contributed by atoms with Crippen molar-refractivity contribution in [2.45, 2.75) is 55.4 Å². The molecule has 3 unspecified atom stereocenters. The number of anilines is 2. The Morgan fingerprint density at radius 1 is 0.660 bits per heavy atom. The first-order valence-electron chi connectivity index (χ1n) is 14.7. The van der Waals surface area contributed by atoms with Crippen LogP contribution in [0.1, 0.15) is 12.5 Å². The third-order valence-electron chi connectivity index (χ3n) is 7.68. The van der Waals surface area contributed by atoms with Gasteiger partial charge in [-0.15, -0.1) is 0 Å². The van der Waals surface area contributed by atoms with Crippen LogP contribution < -0.4 is 11.5 Å². The van der Waals surface area contributed by atoms with E-state index in [1.165, 1.54) is 34.4 Å². The fraction of sp³-hybridized carbons (Fsp3) is 0.545. The summed E-state index contributed by atoms with van der Waals surface area (Å²) in [5.41, 5.74) is 12.5. The number of aromatic nitrogens is 8. The lowest BCUT2D eigenvalue weighted by Gasteiger charge is -2.27. The van der Waals surface area contributed by atoms with E-state index in [4.69, 9.17) is 67.2 Å². The number of nitrogen functional groups attached to an aromatic ring is 2. The summed E-state index contributed by atoms with van der Waals surface area (Å²) < 4.78 is 39.8. The molecule has 2 fully saturated rings. The topological polar surface area (TPSA) is 366 Å². The molecule has 6 rings (SSSR count). The molecule has 0 aliphatic carbocycles. The first kappa shape index (κ1) is 40.7. The molecule has 6 heterocycles. The summed E-state index contributed by atoms with van der Waals surface area (Å²) in [5.74, 6) is 0.142. The normalized spacial score (nSPS) is 29.4. The van der Waals surface area contributed by atoms with Gasteiger partial charge in [-0.25, -0.2) is 29.9 Å². The Balaban J connectivity index is 1.04. The number of imidazole rings is 2. The monoisotopic (exact) mass is 864 g/mol. The molecule has 11 atom stereocenters. The SMILES string of the molecule is Nc1ncnc2c1ncn2[C@@H]1O[C@H](COP(O)(=S)OCC(OP(O)(O)=S)OP(O)(=S)OC[C@H]2O[C@@H](n3cnc4c(N)ncnc43)[C@H](O)[C@@H]2O)[C@@H](O)[C@H]1O. The largest absolute Gasteiger partial charge is 0.387 e. The van der Waals surface area contributed by atoms with Crippen LogP contribution in [-0.4, -0.2) is 142 Å². The number of rotatable bonds is 15. The number of hydrogen-bond acceptors (Lipinski definition) is 22. The molecule has 2 aliphatic heterocycles. The molecule has 0 amide bonds. The highest BCUT2D eigenvalue weighted by Crippen LogP contribution is 2.51. The Labute approximate surface area is 311 Å². The average Bonchev–Trinajstić information content (AvgIpc) is 3.84. The van der Waals surface area contributed by atoms with Gasteiger partial charge in [-0.05, 0) is 35.4 Å². The van der Waals surface area contributed by atoms with E-state index in [0.717, 1.165) is 0 Å². The molecule has 0 radical (unpaired) electrons. The molecule has 2 saturated heterocycles. The number of nitrogens with two attached hydrogens (primary N) is 2. The quantitative estimate of drug-likeness (QED) is 0.0424. The molecule has 2 aliphatic rings. The Hall–Kier alpha value is -1.95. The van der Waals surface area contributed by atoms with Crippen molar-refractivity contribution in [2.75, 3.05) is 31.3 Å². The van der Waals surface area contributed by atoms with Crippen LogP contribution in [0.5, 0.6) is 0 Å². The van der Waals surface area contributed by atoms with Crippen molar-refractivity contribution in [3.05, 3.63) is 25.3 Å². The molecule has 25 nitrogen and oxygen atoms in total. The molecule has 12 N–H and O–H groups in total. The Morgan fingerprint density at radius 3 is 1.57 bits per heavy atom. The zero-order chi connectivity index (χ0) is 38.5. The van der Waals surface area contributed by atoms with Gasteiger partial charge in [0.1, 0.15) is 66.9 Å². The maximum absolute atomic E-state index is 10.7.